The lowest BCUT2D eigenvalue weighted by Crippen LogP contribution is -2.13. The molecular formula is C16H15NO3. The van der Waals surface area contributed by atoms with Crippen LogP contribution in [0.1, 0.15) is 10.4 Å². The summed E-state index contributed by atoms with van der Waals surface area (Å²) in [4.78, 5) is 12.2. The van der Waals surface area contributed by atoms with Gasteiger partial charge in [0.05, 0.1) is 11.3 Å². The van der Waals surface area contributed by atoms with Crippen LogP contribution in [0.4, 0.5) is 5.69 Å². The molecule has 0 aliphatic heterocycles. The van der Waals surface area contributed by atoms with Crippen molar-refractivity contribution in [2.75, 3.05) is 11.9 Å². The number of ether oxygens (including phenoxy) is 1. The first kappa shape index (κ1) is 13.7. The molecule has 1 amide bonds. The first-order valence-electron chi connectivity index (χ1n) is 6.14. The molecule has 2 N–H and O–H groups in total. The molecule has 0 aliphatic rings. The second-order valence-corrected chi connectivity index (χ2v) is 4.07. The molecule has 0 spiro atoms. The number of nitrogens with one attached hydrogen (secondary N) is 1. The Morgan fingerprint density at radius 1 is 1.20 bits per heavy atom. The van der Waals surface area contributed by atoms with E-state index in [4.69, 9.17) is 4.74 Å². The van der Waals surface area contributed by atoms with Crippen LogP contribution in [0.2, 0.25) is 0 Å². The van der Waals surface area contributed by atoms with Gasteiger partial charge in [0.25, 0.3) is 5.91 Å². The molecule has 2 aromatic rings. The number of carbonyl (C=O) groups is 1. The minimum Gasteiger partial charge on any atom is -0.506 e. The minimum atomic E-state index is -0.342. The molecule has 0 atom stereocenters. The van der Waals surface area contributed by atoms with E-state index in [-0.39, 0.29) is 11.7 Å². The van der Waals surface area contributed by atoms with Crippen LogP contribution in [-0.4, -0.2) is 17.6 Å². The molecule has 0 aliphatic carbocycles. The largest absolute Gasteiger partial charge is 0.506 e. The fourth-order valence-electron chi connectivity index (χ4n) is 1.70. The molecule has 0 unspecified atom stereocenters. The van der Waals surface area contributed by atoms with Crippen molar-refractivity contribution in [3.63, 3.8) is 0 Å². The van der Waals surface area contributed by atoms with Crippen molar-refractivity contribution in [3.8, 4) is 11.5 Å². The molecule has 0 bridgehead atoms. The van der Waals surface area contributed by atoms with Gasteiger partial charge in [0.2, 0.25) is 0 Å². The average Bonchev–Trinajstić information content (AvgIpc) is 2.47. The maximum Gasteiger partial charge on any atom is 0.259 e. The highest BCUT2D eigenvalue weighted by molar-refractivity contribution is 6.06. The molecule has 0 fully saturated rings. The van der Waals surface area contributed by atoms with Crippen LogP contribution in [0.15, 0.2) is 61.2 Å². The third-order valence-corrected chi connectivity index (χ3v) is 2.64. The summed E-state index contributed by atoms with van der Waals surface area (Å²) < 4.78 is 5.43. The Morgan fingerprint density at radius 2 is 1.90 bits per heavy atom. The summed E-state index contributed by atoms with van der Waals surface area (Å²) in [5.41, 5.74) is 0.758. The van der Waals surface area contributed by atoms with E-state index in [0.29, 0.717) is 23.6 Å². The maximum absolute atomic E-state index is 12.2. The number of phenolic OH excluding ortho intramolecular Hbond substituents is 1. The van der Waals surface area contributed by atoms with Crippen LogP contribution in [0, 0.1) is 0 Å². The topological polar surface area (TPSA) is 58.6 Å². The predicted molar refractivity (Wildman–Crippen MR) is 78.2 cm³/mol. The van der Waals surface area contributed by atoms with Gasteiger partial charge in [0.15, 0.2) is 0 Å². The zero-order valence-corrected chi connectivity index (χ0v) is 10.9. The van der Waals surface area contributed by atoms with E-state index in [1.54, 1.807) is 48.5 Å². The molecule has 0 aromatic heterocycles. The van der Waals surface area contributed by atoms with Crippen molar-refractivity contribution in [2.45, 2.75) is 0 Å². The fourth-order valence-corrected chi connectivity index (χ4v) is 1.70. The number of benzene rings is 2. The predicted octanol–water partition coefficient (Wildman–Crippen LogP) is 3.21. The Hall–Kier alpha value is -2.75. The Morgan fingerprint density at radius 3 is 2.65 bits per heavy atom. The second kappa shape index (κ2) is 6.43. The van der Waals surface area contributed by atoms with Crippen molar-refractivity contribution < 1.29 is 14.6 Å². The van der Waals surface area contributed by atoms with Crippen molar-refractivity contribution in [1.29, 1.82) is 0 Å². The second-order valence-electron chi connectivity index (χ2n) is 4.07. The van der Waals surface area contributed by atoms with Crippen LogP contribution >= 0.6 is 0 Å². The highest BCUT2D eigenvalue weighted by Gasteiger charge is 2.13. The Bertz CT molecular complexity index is 623. The number of anilines is 1. The highest BCUT2D eigenvalue weighted by Crippen LogP contribution is 2.24. The number of hydrogen-bond acceptors (Lipinski definition) is 3. The number of carbonyl (C=O) groups excluding carboxylic acids is 1. The number of phenols is 1. The SMILES string of the molecule is C=CCOc1ccccc1C(=O)Nc1ccccc1O. The molecule has 0 heterocycles. The summed E-state index contributed by atoms with van der Waals surface area (Å²) in [5, 5.41) is 12.3. The van der Waals surface area contributed by atoms with Crippen molar-refractivity contribution in [1.82, 2.24) is 0 Å². The van der Waals surface area contributed by atoms with Gasteiger partial charge in [-0.1, -0.05) is 36.9 Å². The van der Waals surface area contributed by atoms with E-state index in [2.05, 4.69) is 11.9 Å². The van der Waals surface area contributed by atoms with E-state index in [9.17, 15) is 9.90 Å². The minimum absolute atomic E-state index is 0.0188. The van der Waals surface area contributed by atoms with Gasteiger partial charge in [-0.05, 0) is 24.3 Å². The Labute approximate surface area is 117 Å². The lowest BCUT2D eigenvalue weighted by atomic mass is 10.2. The number of hydrogen-bond donors (Lipinski definition) is 2. The van der Waals surface area contributed by atoms with Gasteiger partial charge >= 0.3 is 0 Å². The molecule has 4 heteroatoms. The molecule has 2 aromatic carbocycles. The number of amides is 1. The number of rotatable bonds is 5. The molecule has 0 radical (unpaired) electrons. The summed E-state index contributed by atoms with van der Waals surface area (Å²) in [6.07, 6.45) is 1.61. The lowest BCUT2D eigenvalue weighted by molar-refractivity contribution is 0.102. The zero-order chi connectivity index (χ0) is 14.4. The average molecular weight is 269 g/mol. The van der Waals surface area contributed by atoms with E-state index in [0.717, 1.165) is 0 Å². The third kappa shape index (κ3) is 3.17. The normalized spacial score (nSPS) is 9.80. The van der Waals surface area contributed by atoms with Crippen molar-refractivity contribution in [2.24, 2.45) is 0 Å². The van der Waals surface area contributed by atoms with Crippen LogP contribution in [0.5, 0.6) is 11.5 Å². The summed E-state index contributed by atoms with van der Waals surface area (Å²) >= 11 is 0. The van der Waals surface area contributed by atoms with E-state index >= 15 is 0 Å². The monoisotopic (exact) mass is 269 g/mol. The van der Waals surface area contributed by atoms with E-state index in [1.165, 1.54) is 6.07 Å². The van der Waals surface area contributed by atoms with Crippen LogP contribution in [-0.2, 0) is 0 Å². The smallest absolute Gasteiger partial charge is 0.259 e. The van der Waals surface area contributed by atoms with E-state index < -0.39 is 0 Å². The first-order valence-corrected chi connectivity index (χ1v) is 6.14. The standard InChI is InChI=1S/C16H15NO3/c1-2-11-20-15-10-6-3-7-12(15)16(19)17-13-8-4-5-9-14(13)18/h2-10,18H,1,11H2,(H,17,19). The fraction of sp³-hybridized carbons (Fsp3) is 0.0625. The maximum atomic E-state index is 12.2. The van der Waals surface area contributed by atoms with Gasteiger partial charge in [0.1, 0.15) is 18.1 Å². The van der Waals surface area contributed by atoms with Gasteiger partial charge in [-0.25, -0.2) is 0 Å². The quantitative estimate of drug-likeness (QED) is 0.647. The summed E-state index contributed by atoms with van der Waals surface area (Å²) in [5.74, 6) is 0.150. The van der Waals surface area contributed by atoms with E-state index in [1.807, 2.05) is 0 Å². The molecule has 102 valence electrons. The van der Waals surface area contributed by atoms with Gasteiger partial charge in [-0.3, -0.25) is 4.79 Å². The lowest BCUT2D eigenvalue weighted by Gasteiger charge is -2.11. The van der Waals surface area contributed by atoms with Gasteiger partial charge in [0, 0.05) is 0 Å². The van der Waals surface area contributed by atoms with Gasteiger partial charge < -0.3 is 15.2 Å². The van der Waals surface area contributed by atoms with Gasteiger partial charge in [-0.2, -0.15) is 0 Å². The molecule has 0 saturated carbocycles. The Kier molecular flexibility index (Phi) is 4.39. The summed E-state index contributed by atoms with van der Waals surface area (Å²) in [6.45, 7) is 3.89. The van der Waals surface area contributed by atoms with Gasteiger partial charge in [-0.15, -0.1) is 0 Å². The van der Waals surface area contributed by atoms with Crippen LogP contribution in [0.25, 0.3) is 0 Å². The summed E-state index contributed by atoms with van der Waals surface area (Å²) in [6, 6.07) is 13.5. The van der Waals surface area contributed by atoms with Crippen molar-refractivity contribution in [3.05, 3.63) is 66.7 Å². The first-order chi connectivity index (χ1) is 9.72. The highest BCUT2D eigenvalue weighted by atomic mass is 16.5. The van der Waals surface area contributed by atoms with Crippen LogP contribution < -0.4 is 10.1 Å². The number of para-hydroxylation sites is 3. The molecule has 2 rings (SSSR count). The molecular weight excluding hydrogens is 254 g/mol. The number of aromatic hydroxyl groups is 1. The zero-order valence-electron chi connectivity index (χ0n) is 10.9. The van der Waals surface area contributed by atoms with Crippen molar-refractivity contribution >= 4 is 11.6 Å². The molecule has 4 nitrogen and oxygen atoms in total. The third-order valence-electron chi connectivity index (χ3n) is 2.64. The summed E-state index contributed by atoms with van der Waals surface area (Å²) in [7, 11) is 0. The van der Waals surface area contributed by atoms with Crippen LogP contribution in [0.3, 0.4) is 0 Å². The molecule has 20 heavy (non-hydrogen) atoms. The Balaban J connectivity index is 2.21. The molecule has 0 saturated heterocycles.